The maximum atomic E-state index is 16.7. The highest BCUT2D eigenvalue weighted by molar-refractivity contribution is 6.32. The van der Waals surface area contributed by atoms with Gasteiger partial charge in [-0.3, -0.25) is 9.88 Å². The molecule has 3 atom stereocenters. The van der Waals surface area contributed by atoms with Crippen molar-refractivity contribution >= 4 is 34.4 Å². The van der Waals surface area contributed by atoms with E-state index in [1.807, 2.05) is 25.1 Å². The molecule has 1 aliphatic carbocycles. The van der Waals surface area contributed by atoms with Gasteiger partial charge in [0.1, 0.15) is 23.6 Å². The number of alkyl carbamates (subject to hydrolysis) is 1. The molecule has 3 aromatic rings. The number of carbonyl (C=O) groups is 1. The third kappa shape index (κ3) is 4.68. The van der Waals surface area contributed by atoms with Gasteiger partial charge in [0.15, 0.2) is 5.82 Å². The predicted molar refractivity (Wildman–Crippen MR) is 161 cm³/mol. The first-order chi connectivity index (χ1) is 20.8. The molecule has 9 rings (SSSR count). The summed E-state index contributed by atoms with van der Waals surface area (Å²) in [5.41, 5.74) is 1.43. The van der Waals surface area contributed by atoms with Crippen LogP contribution in [0.15, 0.2) is 24.4 Å². The maximum absolute atomic E-state index is 16.7. The van der Waals surface area contributed by atoms with E-state index in [0.29, 0.717) is 66.9 Å². The van der Waals surface area contributed by atoms with Gasteiger partial charge in [0.05, 0.1) is 23.1 Å². The van der Waals surface area contributed by atoms with Gasteiger partial charge in [-0.25, -0.2) is 9.18 Å². The quantitative estimate of drug-likeness (QED) is 0.406. The topological polar surface area (TPSA) is 92.7 Å². The average molecular weight is 607 g/mol. The maximum Gasteiger partial charge on any atom is 0.407 e. The highest BCUT2D eigenvalue weighted by Gasteiger charge is 2.45. The lowest BCUT2D eigenvalue weighted by Crippen LogP contribution is -2.48. The van der Waals surface area contributed by atoms with Crippen LogP contribution in [0.3, 0.4) is 0 Å². The summed E-state index contributed by atoms with van der Waals surface area (Å²) in [6.45, 7) is 6.07. The summed E-state index contributed by atoms with van der Waals surface area (Å²) >= 11 is 6.74. The first-order valence-corrected chi connectivity index (χ1v) is 15.9. The minimum atomic E-state index is -0.533. The van der Waals surface area contributed by atoms with Crippen LogP contribution in [0.1, 0.15) is 63.4 Å². The monoisotopic (exact) mass is 606 g/mol. The Bertz CT molecular complexity index is 1610. The van der Waals surface area contributed by atoms with Crippen LogP contribution in [0.5, 0.6) is 6.01 Å². The summed E-state index contributed by atoms with van der Waals surface area (Å²) in [6.07, 6.45) is 8.03. The van der Waals surface area contributed by atoms with E-state index in [2.05, 4.69) is 25.1 Å². The summed E-state index contributed by atoms with van der Waals surface area (Å²) in [4.78, 5) is 31.6. The summed E-state index contributed by atoms with van der Waals surface area (Å²) in [5, 5.41) is 4.18. The Morgan fingerprint density at radius 3 is 2.86 bits per heavy atom. The fraction of sp³-hybridized carbons (Fsp3) is 0.562. The number of halogens is 2. The van der Waals surface area contributed by atoms with E-state index >= 15 is 4.39 Å². The highest BCUT2D eigenvalue weighted by atomic mass is 35.5. The van der Waals surface area contributed by atoms with Gasteiger partial charge >= 0.3 is 12.1 Å². The lowest BCUT2D eigenvalue weighted by atomic mass is 9.95. The number of amides is 1. The number of benzene rings is 1. The molecule has 6 bridgehead atoms. The van der Waals surface area contributed by atoms with Gasteiger partial charge in [-0.05, 0) is 88.4 Å². The van der Waals surface area contributed by atoms with Crippen molar-refractivity contribution in [2.45, 2.75) is 68.9 Å². The van der Waals surface area contributed by atoms with E-state index < -0.39 is 17.4 Å². The third-order valence-corrected chi connectivity index (χ3v) is 10.8. The fourth-order valence-electron chi connectivity index (χ4n) is 8.04. The number of rotatable bonds is 3. The number of fused-ring (bicyclic) bond motifs is 6. The van der Waals surface area contributed by atoms with Gasteiger partial charge in [-0.1, -0.05) is 23.7 Å². The zero-order chi connectivity index (χ0) is 29.3. The Morgan fingerprint density at radius 1 is 1.19 bits per heavy atom. The fourth-order valence-corrected chi connectivity index (χ4v) is 8.36. The SMILES string of the molecule is C[C@@]12CCN(C1)c1nc(OCC34CCCN3CCC4)nc3c(F)c(ncc13)-c1cccc(Cl)c1C1CC1CCOC(=O)N2. The van der Waals surface area contributed by atoms with Crippen LogP contribution < -0.4 is 15.0 Å². The number of aromatic nitrogens is 3. The molecule has 1 aromatic carbocycles. The van der Waals surface area contributed by atoms with E-state index in [0.717, 1.165) is 50.8 Å². The molecule has 7 heterocycles. The van der Waals surface area contributed by atoms with E-state index in [9.17, 15) is 4.79 Å². The molecule has 4 fully saturated rings. The van der Waals surface area contributed by atoms with Crippen LogP contribution in [-0.4, -0.2) is 76.4 Å². The molecule has 9 nitrogen and oxygen atoms in total. The van der Waals surface area contributed by atoms with E-state index in [4.69, 9.17) is 26.1 Å². The van der Waals surface area contributed by atoms with Gasteiger partial charge in [0.2, 0.25) is 0 Å². The van der Waals surface area contributed by atoms with E-state index in [1.54, 1.807) is 6.20 Å². The summed E-state index contributed by atoms with van der Waals surface area (Å²) in [6, 6.07) is 5.72. The molecule has 6 aliphatic rings. The van der Waals surface area contributed by atoms with Crippen molar-refractivity contribution in [3.05, 3.63) is 40.8 Å². The molecule has 2 aromatic heterocycles. The second-order valence-electron chi connectivity index (χ2n) is 13.3. The molecule has 5 aliphatic heterocycles. The average Bonchev–Trinajstić information content (AvgIpc) is 3.25. The van der Waals surface area contributed by atoms with E-state index in [1.165, 1.54) is 0 Å². The molecule has 11 heteroatoms. The largest absolute Gasteiger partial charge is 0.461 e. The molecule has 2 unspecified atom stereocenters. The Labute approximate surface area is 255 Å². The van der Waals surface area contributed by atoms with Crippen LogP contribution >= 0.6 is 11.6 Å². The van der Waals surface area contributed by atoms with Crippen molar-refractivity contribution in [3.8, 4) is 17.3 Å². The first-order valence-electron chi connectivity index (χ1n) is 15.6. The molecule has 3 saturated heterocycles. The van der Waals surface area contributed by atoms with Crippen LogP contribution in [0, 0.1) is 11.7 Å². The van der Waals surface area contributed by atoms with E-state index in [-0.39, 0.29) is 28.7 Å². The Morgan fingerprint density at radius 2 is 2.02 bits per heavy atom. The van der Waals surface area contributed by atoms with Gasteiger partial charge in [0, 0.05) is 29.9 Å². The van der Waals surface area contributed by atoms with Crippen LogP contribution in [-0.2, 0) is 4.74 Å². The van der Waals surface area contributed by atoms with Gasteiger partial charge in [-0.15, -0.1) is 0 Å². The minimum Gasteiger partial charge on any atom is -0.461 e. The van der Waals surface area contributed by atoms with Crippen molar-refractivity contribution in [3.63, 3.8) is 0 Å². The van der Waals surface area contributed by atoms with Crippen LogP contribution in [0.25, 0.3) is 22.2 Å². The summed E-state index contributed by atoms with van der Waals surface area (Å²) in [5.74, 6) is 0.489. The van der Waals surface area contributed by atoms with Crippen molar-refractivity contribution in [2.75, 3.05) is 44.3 Å². The first kappa shape index (κ1) is 27.3. The number of pyridine rings is 1. The Kier molecular flexibility index (Phi) is 6.45. The van der Waals surface area contributed by atoms with Gasteiger partial charge < -0.3 is 19.7 Å². The highest BCUT2D eigenvalue weighted by Crippen LogP contribution is 2.54. The molecule has 1 amide bonds. The van der Waals surface area contributed by atoms with Crippen molar-refractivity contribution in [1.82, 2.24) is 25.2 Å². The summed E-state index contributed by atoms with van der Waals surface area (Å²) < 4.78 is 28.7. The number of carbonyl (C=O) groups excluding carboxylic acids is 1. The normalized spacial score (nSPS) is 27.9. The number of nitrogens with one attached hydrogen (secondary N) is 1. The lowest BCUT2D eigenvalue weighted by Gasteiger charge is -2.31. The van der Waals surface area contributed by atoms with Crippen LogP contribution in [0.4, 0.5) is 15.0 Å². The molecule has 1 N–H and O–H groups in total. The number of anilines is 1. The molecular formula is C32H36ClFN6O3. The minimum absolute atomic E-state index is 0.000307. The molecular weight excluding hydrogens is 571 g/mol. The molecule has 226 valence electrons. The van der Waals surface area contributed by atoms with Crippen LogP contribution in [0.2, 0.25) is 5.02 Å². The molecule has 0 radical (unpaired) electrons. The number of ether oxygens (including phenoxy) is 2. The molecule has 0 spiro atoms. The third-order valence-electron chi connectivity index (χ3n) is 10.4. The second-order valence-corrected chi connectivity index (χ2v) is 13.7. The number of nitrogens with zero attached hydrogens (tertiary/aromatic N) is 5. The second kappa shape index (κ2) is 10.2. The lowest BCUT2D eigenvalue weighted by molar-refractivity contribution is 0.108. The zero-order valence-corrected chi connectivity index (χ0v) is 25.1. The Hall–Kier alpha value is -3.24. The standard InChI is InChI=1S/C32H36ClFN6O3/c1-31-10-13-39(17-31)28-22-16-35-26(20-5-2-6-23(33)24(20)21-15-19(21)7-14-42-30(41)38-31)25(34)27(22)36-29(37-28)43-18-32-8-3-11-40(32)12-4-9-32/h2,5-6,16,19,21H,3-4,7-15,17-18H2,1H3,(H,38,41)/t19?,21?,31-/m1/s1. The summed E-state index contributed by atoms with van der Waals surface area (Å²) in [7, 11) is 0. The van der Waals surface area contributed by atoms with Crippen molar-refractivity contribution < 1.29 is 18.7 Å². The smallest absolute Gasteiger partial charge is 0.407 e. The molecule has 1 saturated carbocycles. The van der Waals surface area contributed by atoms with Gasteiger partial charge in [-0.2, -0.15) is 9.97 Å². The molecule has 43 heavy (non-hydrogen) atoms. The van der Waals surface area contributed by atoms with Crippen molar-refractivity contribution in [1.29, 1.82) is 0 Å². The predicted octanol–water partition coefficient (Wildman–Crippen LogP) is 5.69. The van der Waals surface area contributed by atoms with Crippen molar-refractivity contribution in [2.24, 2.45) is 5.92 Å². The number of hydrogen-bond donors (Lipinski definition) is 1. The Balaban J connectivity index is 1.26. The zero-order valence-electron chi connectivity index (χ0n) is 24.4. The number of hydrogen-bond acceptors (Lipinski definition) is 8. The van der Waals surface area contributed by atoms with Gasteiger partial charge in [0.25, 0.3) is 0 Å².